The van der Waals surface area contributed by atoms with Crippen molar-refractivity contribution in [1.82, 2.24) is 4.57 Å². The quantitative estimate of drug-likeness (QED) is 0.631. The third-order valence-corrected chi connectivity index (χ3v) is 4.46. The van der Waals surface area contributed by atoms with Crippen LogP contribution in [0.25, 0.3) is 22.0 Å². The van der Waals surface area contributed by atoms with Crippen molar-refractivity contribution < 1.29 is 18.3 Å². The second-order valence-corrected chi connectivity index (χ2v) is 6.43. The molecule has 0 unspecified atom stereocenters. The number of rotatable bonds is 6. The van der Waals surface area contributed by atoms with Gasteiger partial charge in [-0.1, -0.05) is 30.4 Å². The SMILES string of the molecule is NC(=S)c1cccc(-c2cn(CCC(F)F)c3cc(CO)cc(F)c23)c1. The zero-order chi connectivity index (χ0) is 18.8. The van der Waals surface area contributed by atoms with Crippen LogP contribution in [-0.4, -0.2) is 21.1 Å². The molecule has 0 atom stereocenters. The number of nitrogens with zero attached hydrogens (tertiary/aromatic N) is 1. The van der Waals surface area contributed by atoms with Crippen molar-refractivity contribution in [1.29, 1.82) is 0 Å². The monoisotopic (exact) mass is 378 g/mol. The van der Waals surface area contributed by atoms with Gasteiger partial charge in [0.15, 0.2) is 0 Å². The van der Waals surface area contributed by atoms with Crippen molar-refractivity contribution in [3.63, 3.8) is 0 Å². The van der Waals surface area contributed by atoms with Crippen LogP contribution >= 0.6 is 12.2 Å². The number of fused-ring (bicyclic) bond motifs is 1. The lowest BCUT2D eigenvalue weighted by atomic mass is 10.0. The third kappa shape index (κ3) is 3.59. The first-order valence-electron chi connectivity index (χ1n) is 8.01. The molecule has 0 spiro atoms. The molecule has 0 fully saturated rings. The highest BCUT2D eigenvalue weighted by Gasteiger charge is 2.17. The summed E-state index contributed by atoms with van der Waals surface area (Å²) >= 11 is 4.99. The van der Waals surface area contributed by atoms with E-state index in [-0.39, 0.29) is 24.6 Å². The molecule has 3 rings (SSSR count). The summed E-state index contributed by atoms with van der Waals surface area (Å²) in [5, 5.41) is 9.64. The largest absolute Gasteiger partial charge is 0.392 e. The molecule has 0 saturated carbocycles. The number of aryl methyl sites for hydroxylation is 1. The van der Waals surface area contributed by atoms with Gasteiger partial charge in [0.2, 0.25) is 6.43 Å². The number of hydrogen-bond donors (Lipinski definition) is 2. The normalized spacial score (nSPS) is 11.4. The van der Waals surface area contributed by atoms with Crippen LogP contribution in [0.15, 0.2) is 42.6 Å². The van der Waals surface area contributed by atoms with Crippen molar-refractivity contribution in [2.45, 2.75) is 26.0 Å². The zero-order valence-electron chi connectivity index (χ0n) is 13.8. The molecule has 7 heteroatoms. The molecule has 136 valence electrons. The number of benzene rings is 2. The van der Waals surface area contributed by atoms with E-state index >= 15 is 0 Å². The minimum atomic E-state index is -2.46. The van der Waals surface area contributed by atoms with Crippen LogP contribution in [0.4, 0.5) is 13.2 Å². The van der Waals surface area contributed by atoms with E-state index < -0.39 is 12.2 Å². The number of aliphatic hydroxyl groups excluding tert-OH is 1. The summed E-state index contributed by atoms with van der Waals surface area (Å²) in [7, 11) is 0. The Morgan fingerprint density at radius 1 is 1.23 bits per heavy atom. The summed E-state index contributed by atoms with van der Waals surface area (Å²) in [6.45, 7) is -0.295. The van der Waals surface area contributed by atoms with Gasteiger partial charge in [-0.15, -0.1) is 0 Å². The Kier molecular flexibility index (Phi) is 5.29. The van der Waals surface area contributed by atoms with Crippen molar-refractivity contribution in [2.75, 3.05) is 0 Å². The summed E-state index contributed by atoms with van der Waals surface area (Å²) in [5.41, 5.74) is 8.40. The van der Waals surface area contributed by atoms with Crippen LogP contribution < -0.4 is 5.73 Å². The Morgan fingerprint density at radius 2 is 2.00 bits per heavy atom. The first-order valence-corrected chi connectivity index (χ1v) is 8.42. The molecule has 3 aromatic rings. The molecule has 0 bridgehead atoms. The van der Waals surface area contributed by atoms with Gasteiger partial charge in [-0.2, -0.15) is 0 Å². The van der Waals surface area contributed by atoms with Crippen LogP contribution in [0.3, 0.4) is 0 Å². The van der Waals surface area contributed by atoms with Crippen LogP contribution in [0.5, 0.6) is 0 Å². The Bertz CT molecular complexity index is 969. The Labute approximate surface area is 153 Å². The molecular formula is C19H17F3N2OS. The molecule has 3 N–H and O–H groups in total. The summed E-state index contributed by atoms with van der Waals surface area (Å²) in [5.74, 6) is -0.516. The van der Waals surface area contributed by atoms with Crippen LogP contribution in [0.1, 0.15) is 17.5 Å². The second-order valence-electron chi connectivity index (χ2n) is 5.99. The molecule has 3 nitrogen and oxygen atoms in total. The third-order valence-electron chi connectivity index (χ3n) is 4.22. The van der Waals surface area contributed by atoms with Crippen LogP contribution in [0, 0.1) is 5.82 Å². The Hall–Kier alpha value is -2.38. The number of aliphatic hydroxyl groups is 1. The summed E-state index contributed by atoms with van der Waals surface area (Å²) in [4.78, 5) is 0.219. The minimum absolute atomic E-state index is 0.0392. The summed E-state index contributed by atoms with van der Waals surface area (Å²) < 4.78 is 41.6. The van der Waals surface area contributed by atoms with Crippen molar-refractivity contribution in [3.8, 4) is 11.1 Å². The highest BCUT2D eigenvalue weighted by Crippen LogP contribution is 2.34. The zero-order valence-corrected chi connectivity index (χ0v) is 14.6. The number of thiocarbonyl (C=S) groups is 1. The Morgan fingerprint density at radius 3 is 2.65 bits per heavy atom. The highest BCUT2D eigenvalue weighted by atomic mass is 32.1. The van der Waals surface area contributed by atoms with E-state index in [1.807, 2.05) is 0 Å². The average molecular weight is 378 g/mol. The predicted octanol–water partition coefficient (Wildman–Crippen LogP) is 4.23. The standard InChI is InChI=1S/C19H17F3N2OS/c20-15-6-11(10-25)7-16-18(15)14(9-24(16)5-4-17(21)22)12-2-1-3-13(8-12)19(23)26/h1-3,6-9,17,25H,4-5,10H2,(H2,23,26). The van der Waals surface area contributed by atoms with Gasteiger partial charge in [-0.3, -0.25) is 0 Å². The minimum Gasteiger partial charge on any atom is -0.392 e. The number of aromatic nitrogens is 1. The molecule has 0 aliphatic carbocycles. The van der Waals surface area contributed by atoms with Crippen LogP contribution in [-0.2, 0) is 13.2 Å². The summed E-state index contributed by atoms with van der Waals surface area (Å²) in [6, 6.07) is 9.90. The molecule has 26 heavy (non-hydrogen) atoms. The van der Waals surface area contributed by atoms with E-state index in [1.54, 1.807) is 41.1 Å². The summed E-state index contributed by atoms with van der Waals surface area (Å²) in [6.07, 6.45) is -1.16. The molecule has 0 amide bonds. The molecule has 0 saturated heterocycles. The maximum Gasteiger partial charge on any atom is 0.240 e. The van der Waals surface area contributed by atoms with E-state index in [1.165, 1.54) is 6.07 Å². The lowest BCUT2D eigenvalue weighted by Crippen LogP contribution is -2.08. The lowest BCUT2D eigenvalue weighted by molar-refractivity contribution is 0.132. The lowest BCUT2D eigenvalue weighted by Gasteiger charge is -2.06. The molecular weight excluding hydrogens is 361 g/mol. The number of hydrogen-bond acceptors (Lipinski definition) is 2. The fourth-order valence-electron chi connectivity index (χ4n) is 3.00. The number of nitrogens with two attached hydrogens (primary N) is 1. The van der Waals surface area contributed by atoms with Crippen LogP contribution in [0.2, 0.25) is 0 Å². The fourth-order valence-corrected chi connectivity index (χ4v) is 3.13. The van der Waals surface area contributed by atoms with E-state index in [9.17, 15) is 18.3 Å². The van der Waals surface area contributed by atoms with Gasteiger partial charge in [0, 0.05) is 35.7 Å². The van der Waals surface area contributed by atoms with Gasteiger partial charge in [-0.05, 0) is 29.3 Å². The van der Waals surface area contributed by atoms with E-state index in [0.717, 1.165) is 0 Å². The van der Waals surface area contributed by atoms with Gasteiger partial charge in [-0.25, -0.2) is 13.2 Å². The molecule has 0 aliphatic rings. The maximum atomic E-state index is 14.7. The molecule has 1 aromatic heterocycles. The molecule has 2 aromatic carbocycles. The topological polar surface area (TPSA) is 51.2 Å². The molecule has 0 aliphatic heterocycles. The maximum absolute atomic E-state index is 14.7. The number of halogens is 3. The first-order chi connectivity index (χ1) is 12.4. The van der Waals surface area contributed by atoms with E-state index in [0.29, 0.717) is 33.2 Å². The molecule has 0 radical (unpaired) electrons. The van der Waals surface area contributed by atoms with Gasteiger partial charge < -0.3 is 15.4 Å². The number of alkyl halides is 2. The average Bonchev–Trinajstić information content (AvgIpc) is 2.99. The van der Waals surface area contributed by atoms with Crippen molar-refractivity contribution >= 4 is 28.1 Å². The Balaban J connectivity index is 2.22. The van der Waals surface area contributed by atoms with Gasteiger partial charge >= 0.3 is 0 Å². The fraction of sp³-hybridized carbons (Fsp3) is 0.211. The van der Waals surface area contributed by atoms with Gasteiger partial charge in [0.25, 0.3) is 0 Å². The van der Waals surface area contributed by atoms with E-state index in [2.05, 4.69) is 0 Å². The van der Waals surface area contributed by atoms with Crippen molar-refractivity contribution in [2.24, 2.45) is 5.73 Å². The first kappa shape index (κ1) is 18.4. The predicted molar refractivity (Wildman–Crippen MR) is 99.8 cm³/mol. The smallest absolute Gasteiger partial charge is 0.240 e. The second kappa shape index (κ2) is 7.47. The van der Waals surface area contributed by atoms with Crippen molar-refractivity contribution in [3.05, 3.63) is 59.5 Å². The van der Waals surface area contributed by atoms with Gasteiger partial charge in [0.05, 0.1) is 12.1 Å². The van der Waals surface area contributed by atoms with E-state index in [4.69, 9.17) is 18.0 Å². The molecule has 1 heterocycles. The highest BCUT2D eigenvalue weighted by molar-refractivity contribution is 7.80. The van der Waals surface area contributed by atoms with Gasteiger partial charge in [0.1, 0.15) is 10.8 Å².